The number of likely N-dealkylation sites (tertiary alicyclic amines) is 2. The zero-order valence-corrected chi connectivity index (χ0v) is 22.3. The monoisotopic (exact) mass is 519 g/mol. The molecule has 2 unspecified atom stereocenters. The molecule has 0 aromatic carbocycles. The first-order chi connectivity index (χ1) is 16.6. The van der Waals surface area contributed by atoms with E-state index in [0.717, 1.165) is 25.8 Å². The number of amides is 1. The number of hydrogen-bond donors (Lipinski definition) is 1. The fourth-order valence-electron chi connectivity index (χ4n) is 4.38. The molecule has 0 aliphatic carbocycles. The summed E-state index contributed by atoms with van der Waals surface area (Å²) in [6.07, 6.45) is 5.94. The van der Waals surface area contributed by atoms with Crippen LogP contribution in [-0.2, 0) is 4.74 Å². The smallest absolute Gasteiger partial charge is 0.410 e. The lowest BCUT2D eigenvalue weighted by Crippen LogP contribution is -2.36. The number of ether oxygens (including phenoxy) is 1. The quantitative estimate of drug-likeness (QED) is 0.347. The van der Waals surface area contributed by atoms with Gasteiger partial charge in [0.25, 0.3) is 0 Å². The Labute approximate surface area is 215 Å². The third-order valence-corrected chi connectivity index (χ3v) is 7.11. The molecule has 1 amide bonds. The van der Waals surface area contributed by atoms with Gasteiger partial charge in [-0.3, -0.25) is 4.90 Å². The van der Waals surface area contributed by atoms with Crippen molar-refractivity contribution in [3.8, 4) is 11.8 Å². The second-order valence-corrected chi connectivity index (χ2v) is 11.1. The van der Waals surface area contributed by atoms with Gasteiger partial charge in [-0.25, -0.2) is 19.2 Å². The minimum Gasteiger partial charge on any atom is -0.444 e. The van der Waals surface area contributed by atoms with Crippen LogP contribution < -0.4 is 5.32 Å². The molecule has 2 aromatic heterocycles. The average Bonchev–Trinajstić information content (AvgIpc) is 3.43. The molecule has 2 fully saturated rings. The maximum Gasteiger partial charge on any atom is 0.410 e. The molecule has 2 saturated heterocycles. The number of carbonyl (C=O) groups excluding carboxylic acids is 1. The lowest BCUT2D eigenvalue weighted by Gasteiger charge is -2.25. The van der Waals surface area contributed by atoms with Crippen LogP contribution in [0.25, 0.3) is 10.9 Å². The molecule has 4 rings (SSSR count). The van der Waals surface area contributed by atoms with Crippen molar-refractivity contribution in [2.75, 3.05) is 38.3 Å². The van der Waals surface area contributed by atoms with E-state index in [0.29, 0.717) is 34.8 Å². The molecule has 0 spiro atoms. The molecule has 2 aromatic rings. The Hall–Kier alpha value is -2.28. The average molecular weight is 520 g/mol. The molecule has 2 aliphatic heterocycles. The molecule has 4 heterocycles. The highest BCUT2D eigenvalue weighted by Crippen LogP contribution is 2.35. The maximum absolute atomic E-state index is 14.9. The highest BCUT2D eigenvalue weighted by atomic mass is 35.5. The highest BCUT2D eigenvalue weighted by molar-refractivity contribution is 7.98. The number of rotatable bonds is 3. The number of nitrogens with zero attached hydrogens (tertiary/aromatic N) is 4. The minimum atomic E-state index is -0.653. The van der Waals surface area contributed by atoms with Gasteiger partial charge in [0, 0.05) is 30.7 Å². The van der Waals surface area contributed by atoms with Gasteiger partial charge in [-0.1, -0.05) is 23.4 Å². The number of hydrogen-bond acceptors (Lipinski definition) is 7. The first kappa shape index (κ1) is 25.8. The van der Waals surface area contributed by atoms with Crippen LogP contribution in [0.15, 0.2) is 11.2 Å². The molecule has 188 valence electrons. The van der Waals surface area contributed by atoms with Crippen molar-refractivity contribution < 1.29 is 13.9 Å². The molecule has 0 bridgehead atoms. The predicted molar refractivity (Wildman–Crippen MR) is 139 cm³/mol. The van der Waals surface area contributed by atoms with E-state index in [1.807, 2.05) is 27.0 Å². The van der Waals surface area contributed by atoms with Gasteiger partial charge in [-0.15, -0.1) is 11.8 Å². The normalized spacial score (nSPS) is 20.7. The van der Waals surface area contributed by atoms with E-state index in [1.165, 1.54) is 18.0 Å². The van der Waals surface area contributed by atoms with Crippen LogP contribution in [0.4, 0.5) is 14.9 Å². The number of thioether (sulfide) groups is 1. The molecule has 1 N–H and O–H groups in total. The first-order valence-corrected chi connectivity index (χ1v) is 13.4. The van der Waals surface area contributed by atoms with Crippen LogP contribution in [0, 0.1) is 17.7 Å². The van der Waals surface area contributed by atoms with Crippen molar-refractivity contribution in [1.82, 2.24) is 19.8 Å². The second kappa shape index (κ2) is 10.4. The van der Waals surface area contributed by atoms with Crippen LogP contribution in [0.2, 0.25) is 5.15 Å². The van der Waals surface area contributed by atoms with Crippen LogP contribution in [0.5, 0.6) is 0 Å². The summed E-state index contributed by atoms with van der Waals surface area (Å²) in [5.41, 5.74) is 0.981. The zero-order valence-electron chi connectivity index (χ0n) is 20.7. The van der Waals surface area contributed by atoms with E-state index >= 15 is 0 Å². The molecule has 0 saturated carbocycles. The number of anilines is 1. The summed E-state index contributed by atoms with van der Waals surface area (Å²) in [5.74, 6) is 6.08. The Balaban J connectivity index is 1.71. The molecule has 10 heteroatoms. The number of carbonyl (C=O) groups is 1. The summed E-state index contributed by atoms with van der Waals surface area (Å²) in [6, 6.07) is 0.110. The van der Waals surface area contributed by atoms with E-state index in [9.17, 15) is 9.18 Å². The van der Waals surface area contributed by atoms with Gasteiger partial charge in [0.1, 0.15) is 16.1 Å². The molecular formula is C25H31ClFN5O2S. The van der Waals surface area contributed by atoms with Crippen molar-refractivity contribution in [1.29, 1.82) is 0 Å². The first-order valence-electron chi connectivity index (χ1n) is 11.8. The number of halogens is 2. The van der Waals surface area contributed by atoms with E-state index in [1.54, 1.807) is 4.90 Å². The number of fused-ring (bicyclic) bond motifs is 1. The van der Waals surface area contributed by atoms with Crippen LogP contribution in [-0.4, -0.2) is 76.5 Å². The Morgan fingerprint density at radius 1 is 1.34 bits per heavy atom. The van der Waals surface area contributed by atoms with Gasteiger partial charge in [0.15, 0.2) is 11.0 Å². The van der Waals surface area contributed by atoms with Crippen molar-refractivity contribution in [3.63, 3.8) is 0 Å². The van der Waals surface area contributed by atoms with Crippen LogP contribution >= 0.6 is 23.4 Å². The number of nitrogens with one attached hydrogen (secondary N) is 1. The maximum atomic E-state index is 14.9. The van der Waals surface area contributed by atoms with E-state index in [4.69, 9.17) is 16.3 Å². The summed E-state index contributed by atoms with van der Waals surface area (Å²) < 4.78 is 20.5. The fraction of sp³-hybridized carbons (Fsp3) is 0.560. The number of aromatic nitrogens is 2. The van der Waals surface area contributed by atoms with Gasteiger partial charge in [0.2, 0.25) is 0 Å². The summed E-state index contributed by atoms with van der Waals surface area (Å²) in [5, 5.41) is 4.46. The van der Waals surface area contributed by atoms with E-state index < -0.39 is 11.4 Å². The standard InChI is InChI=1S/C25H31ClFN5O2S/c1-25(2,3)34-24(33)32-12-10-15(14-32)29-20-17(9-8-16-7-6-11-31(16)4)23(35-5)30-21-18(20)13-28-22(26)19(21)27/h13,15-16H,6-7,10-12,14H2,1-5H3,(H,29,30). The Kier molecular flexibility index (Phi) is 7.65. The molecule has 2 atom stereocenters. The largest absolute Gasteiger partial charge is 0.444 e. The van der Waals surface area contributed by atoms with E-state index in [-0.39, 0.29) is 28.8 Å². The Morgan fingerprint density at radius 3 is 2.77 bits per heavy atom. The molecule has 2 aliphatic rings. The highest BCUT2D eigenvalue weighted by Gasteiger charge is 2.31. The number of pyridine rings is 2. The summed E-state index contributed by atoms with van der Waals surface area (Å²) >= 11 is 7.38. The van der Waals surface area contributed by atoms with Crippen molar-refractivity contribution in [3.05, 3.63) is 22.7 Å². The van der Waals surface area contributed by atoms with Crippen LogP contribution in [0.3, 0.4) is 0 Å². The van der Waals surface area contributed by atoms with Crippen LogP contribution in [0.1, 0.15) is 45.6 Å². The topological polar surface area (TPSA) is 70.6 Å². The Bertz CT molecular complexity index is 1190. The summed E-state index contributed by atoms with van der Waals surface area (Å²) in [7, 11) is 2.07. The molecule has 35 heavy (non-hydrogen) atoms. The summed E-state index contributed by atoms with van der Waals surface area (Å²) in [6.45, 7) is 7.60. The van der Waals surface area contributed by atoms with Crippen molar-refractivity contribution in [2.45, 2.75) is 62.7 Å². The van der Waals surface area contributed by atoms with Gasteiger partial charge in [-0.05, 0) is 59.9 Å². The lowest BCUT2D eigenvalue weighted by molar-refractivity contribution is 0.0293. The minimum absolute atomic E-state index is 0.0590. The van der Waals surface area contributed by atoms with Gasteiger partial charge in [-0.2, -0.15) is 0 Å². The Morgan fingerprint density at radius 2 is 2.11 bits per heavy atom. The van der Waals surface area contributed by atoms with Gasteiger partial charge in [0.05, 0.1) is 17.3 Å². The molecule has 7 nitrogen and oxygen atoms in total. The van der Waals surface area contributed by atoms with Crippen molar-refractivity contribution in [2.24, 2.45) is 0 Å². The molecule has 0 radical (unpaired) electrons. The third-order valence-electron chi connectivity index (χ3n) is 6.16. The zero-order chi connectivity index (χ0) is 25.3. The van der Waals surface area contributed by atoms with Gasteiger partial charge >= 0.3 is 6.09 Å². The third kappa shape index (κ3) is 5.76. The van der Waals surface area contributed by atoms with Gasteiger partial charge < -0.3 is 15.0 Å². The second-order valence-electron chi connectivity index (χ2n) is 9.96. The van der Waals surface area contributed by atoms with Crippen molar-refractivity contribution >= 4 is 46.0 Å². The lowest BCUT2D eigenvalue weighted by atomic mass is 10.1. The molecular weight excluding hydrogens is 489 g/mol. The fourth-order valence-corrected chi connectivity index (χ4v) is 5.06. The SMILES string of the molecule is CSc1nc2c(F)c(Cl)ncc2c(NC2CCN(C(=O)OC(C)(C)C)C2)c1C#CC1CCCN1C. The summed E-state index contributed by atoms with van der Waals surface area (Å²) in [4.78, 5) is 25.1. The van der Waals surface area contributed by atoms with E-state index in [2.05, 4.69) is 39.1 Å². The predicted octanol–water partition coefficient (Wildman–Crippen LogP) is 5.01.